The lowest BCUT2D eigenvalue weighted by molar-refractivity contribution is -0.00380. The van der Waals surface area contributed by atoms with Crippen LogP contribution in [0.3, 0.4) is 0 Å². The lowest BCUT2D eigenvalue weighted by atomic mass is 9.66. The smallest absolute Gasteiger partial charge is 0.269 e. The third-order valence-electron chi connectivity index (χ3n) is 5.12. The monoisotopic (exact) mass is 421 g/mol. The van der Waals surface area contributed by atoms with Gasteiger partial charge in [0.25, 0.3) is 6.43 Å². The van der Waals surface area contributed by atoms with Gasteiger partial charge in [0, 0.05) is 24.4 Å². The molecule has 0 saturated heterocycles. The second-order valence-electron chi connectivity index (χ2n) is 6.97. The Balaban J connectivity index is 1.44. The van der Waals surface area contributed by atoms with Gasteiger partial charge in [-0.1, -0.05) is 6.42 Å². The minimum atomic E-state index is -2.87. The molecule has 152 valence electrons. The standard InChI is InChI=1S/C19H18F3N5OS/c20-11-3-1-8-23-16(11)19(6-2-7-19)10-25-14-5-4-12(26-27-14)18-24-9-13(29-18)15(28)17(21)22/h1,3-5,8-9,15,17,28H,2,6-7,10H2,(H,25,27). The summed E-state index contributed by atoms with van der Waals surface area (Å²) in [4.78, 5) is 8.34. The Hall–Kier alpha value is -2.59. The van der Waals surface area contributed by atoms with Gasteiger partial charge in [-0.2, -0.15) is 0 Å². The van der Waals surface area contributed by atoms with Crippen LogP contribution in [0.4, 0.5) is 19.0 Å². The number of hydrogen-bond donors (Lipinski definition) is 2. The third kappa shape index (κ3) is 3.95. The highest BCUT2D eigenvalue weighted by atomic mass is 32.1. The average Bonchev–Trinajstić information content (AvgIpc) is 3.18. The number of hydrogen-bond acceptors (Lipinski definition) is 7. The van der Waals surface area contributed by atoms with Crippen molar-refractivity contribution in [2.24, 2.45) is 0 Å². The summed E-state index contributed by atoms with van der Waals surface area (Å²) in [6.45, 7) is 0.483. The number of aromatic nitrogens is 4. The third-order valence-corrected chi connectivity index (χ3v) is 6.21. The zero-order valence-corrected chi connectivity index (χ0v) is 16.0. The molecule has 0 spiro atoms. The number of nitrogens with one attached hydrogen (secondary N) is 1. The maximum absolute atomic E-state index is 14.2. The maximum atomic E-state index is 14.2. The average molecular weight is 421 g/mol. The summed E-state index contributed by atoms with van der Waals surface area (Å²) in [6, 6.07) is 6.37. The molecule has 3 heterocycles. The minimum Gasteiger partial charge on any atom is -0.382 e. The molecule has 0 bridgehead atoms. The van der Waals surface area contributed by atoms with Crippen LogP contribution >= 0.6 is 11.3 Å². The van der Waals surface area contributed by atoms with Crippen LogP contribution in [0.2, 0.25) is 0 Å². The van der Waals surface area contributed by atoms with Crippen molar-refractivity contribution in [2.45, 2.75) is 37.2 Å². The van der Waals surface area contributed by atoms with Crippen molar-refractivity contribution in [3.63, 3.8) is 0 Å². The fraction of sp³-hybridized carbons (Fsp3) is 0.368. The Morgan fingerprint density at radius 2 is 2.00 bits per heavy atom. The summed E-state index contributed by atoms with van der Waals surface area (Å²) in [6.07, 6.45) is 0.776. The summed E-state index contributed by atoms with van der Waals surface area (Å²) in [5, 5.41) is 21.2. The van der Waals surface area contributed by atoms with E-state index in [1.807, 2.05) is 0 Å². The lowest BCUT2D eigenvalue weighted by Crippen LogP contribution is -2.42. The van der Waals surface area contributed by atoms with Crippen molar-refractivity contribution >= 4 is 17.2 Å². The van der Waals surface area contributed by atoms with E-state index in [0.29, 0.717) is 28.8 Å². The molecule has 3 aromatic rings. The largest absolute Gasteiger partial charge is 0.382 e. The van der Waals surface area contributed by atoms with Crippen LogP contribution in [-0.2, 0) is 5.41 Å². The maximum Gasteiger partial charge on any atom is 0.269 e. The number of anilines is 1. The van der Waals surface area contributed by atoms with Crippen LogP contribution in [0, 0.1) is 5.82 Å². The van der Waals surface area contributed by atoms with Gasteiger partial charge in [-0.15, -0.1) is 21.5 Å². The number of aliphatic hydroxyl groups excluding tert-OH is 1. The molecule has 3 aromatic heterocycles. The molecule has 1 unspecified atom stereocenters. The number of thiazole rings is 1. The molecule has 2 N–H and O–H groups in total. The highest BCUT2D eigenvalue weighted by Gasteiger charge is 2.41. The number of nitrogens with zero attached hydrogens (tertiary/aromatic N) is 4. The molecule has 1 fully saturated rings. The lowest BCUT2D eigenvalue weighted by Gasteiger charge is -2.41. The molecule has 0 radical (unpaired) electrons. The second kappa shape index (κ2) is 8.03. The van der Waals surface area contributed by atoms with Crippen LogP contribution in [0.15, 0.2) is 36.7 Å². The fourth-order valence-electron chi connectivity index (χ4n) is 3.34. The SMILES string of the molecule is OC(c1cnc(-c2ccc(NCC3(c4ncccc4F)CCC3)nn2)s1)C(F)F. The summed E-state index contributed by atoms with van der Waals surface area (Å²) in [5.41, 5.74) is 0.528. The molecular weight excluding hydrogens is 403 g/mol. The molecule has 4 rings (SSSR count). The molecule has 1 aliphatic carbocycles. The molecule has 1 aliphatic rings. The summed E-state index contributed by atoms with van der Waals surface area (Å²) < 4.78 is 39.4. The summed E-state index contributed by atoms with van der Waals surface area (Å²) in [5.74, 6) is 0.210. The predicted molar refractivity (Wildman–Crippen MR) is 102 cm³/mol. The van der Waals surface area contributed by atoms with Gasteiger partial charge in [0.2, 0.25) is 0 Å². The van der Waals surface area contributed by atoms with E-state index in [1.165, 1.54) is 12.3 Å². The molecule has 6 nitrogen and oxygen atoms in total. The molecule has 0 aliphatic heterocycles. The van der Waals surface area contributed by atoms with E-state index in [0.717, 1.165) is 30.6 Å². The molecule has 0 aromatic carbocycles. The summed E-state index contributed by atoms with van der Waals surface area (Å²) >= 11 is 0.944. The van der Waals surface area contributed by atoms with Crippen molar-refractivity contribution < 1.29 is 18.3 Å². The van der Waals surface area contributed by atoms with Gasteiger partial charge in [-0.05, 0) is 37.1 Å². The van der Waals surface area contributed by atoms with E-state index >= 15 is 0 Å². The first-order valence-electron chi connectivity index (χ1n) is 9.09. The first-order chi connectivity index (χ1) is 14.0. The zero-order valence-electron chi connectivity index (χ0n) is 15.2. The zero-order chi connectivity index (χ0) is 20.4. The van der Waals surface area contributed by atoms with Crippen LogP contribution in [0.25, 0.3) is 10.7 Å². The number of halogens is 3. The first-order valence-corrected chi connectivity index (χ1v) is 9.91. The van der Waals surface area contributed by atoms with Gasteiger partial charge < -0.3 is 10.4 Å². The van der Waals surface area contributed by atoms with Crippen molar-refractivity contribution in [1.82, 2.24) is 20.2 Å². The van der Waals surface area contributed by atoms with E-state index in [4.69, 9.17) is 0 Å². The highest BCUT2D eigenvalue weighted by molar-refractivity contribution is 7.15. The van der Waals surface area contributed by atoms with Gasteiger partial charge in [-0.3, -0.25) is 4.98 Å². The normalized spacial score (nSPS) is 16.4. The van der Waals surface area contributed by atoms with Gasteiger partial charge in [0.1, 0.15) is 22.3 Å². The number of rotatable bonds is 7. The Bertz CT molecular complexity index is 978. The molecule has 29 heavy (non-hydrogen) atoms. The van der Waals surface area contributed by atoms with Gasteiger partial charge in [-0.25, -0.2) is 18.2 Å². The molecule has 1 atom stereocenters. The predicted octanol–water partition coefficient (Wildman–Crippen LogP) is 3.97. The quantitative estimate of drug-likeness (QED) is 0.601. The van der Waals surface area contributed by atoms with E-state index in [9.17, 15) is 18.3 Å². The molecular formula is C19H18F3N5OS. The van der Waals surface area contributed by atoms with Gasteiger partial charge in [0.05, 0.1) is 10.6 Å². The Labute approximate surface area is 168 Å². The second-order valence-corrected chi connectivity index (χ2v) is 8.03. The highest BCUT2D eigenvalue weighted by Crippen LogP contribution is 2.43. The van der Waals surface area contributed by atoms with Crippen molar-refractivity contribution in [3.8, 4) is 10.7 Å². The van der Waals surface area contributed by atoms with Gasteiger partial charge in [0.15, 0.2) is 6.10 Å². The summed E-state index contributed by atoms with van der Waals surface area (Å²) in [7, 11) is 0. The van der Waals surface area contributed by atoms with E-state index in [-0.39, 0.29) is 16.1 Å². The van der Waals surface area contributed by atoms with Crippen LogP contribution < -0.4 is 5.32 Å². The van der Waals surface area contributed by atoms with Crippen LogP contribution in [0.1, 0.15) is 35.9 Å². The van der Waals surface area contributed by atoms with E-state index in [1.54, 1.807) is 24.4 Å². The van der Waals surface area contributed by atoms with Crippen molar-refractivity contribution in [3.05, 3.63) is 53.0 Å². The van der Waals surface area contributed by atoms with Crippen LogP contribution in [-0.4, -0.2) is 38.2 Å². The molecule has 1 saturated carbocycles. The number of alkyl halides is 2. The van der Waals surface area contributed by atoms with Gasteiger partial charge >= 0.3 is 0 Å². The van der Waals surface area contributed by atoms with Crippen molar-refractivity contribution in [1.29, 1.82) is 0 Å². The topological polar surface area (TPSA) is 83.8 Å². The number of pyridine rings is 1. The molecule has 10 heteroatoms. The van der Waals surface area contributed by atoms with E-state index < -0.39 is 12.5 Å². The molecule has 0 amide bonds. The number of aliphatic hydroxyl groups is 1. The Kier molecular flexibility index (Phi) is 5.46. The Morgan fingerprint density at radius 1 is 1.17 bits per heavy atom. The van der Waals surface area contributed by atoms with Crippen LogP contribution in [0.5, 0.6) is 0 Å². The fourth-order valence-corrected chi connectivity index (χ4v) is 4.21. The Morgan fingerprint density at radius 3 is 2.62 bits per heavy atom. The van der Waals surface area contributed by atoms with Crippen molar-refractivity contribution in [2.75, 3.05) is 11.9 Å². The first kappa shape index (κ1) is 19.7. The minimum absolute atomic E-state index is 0.0725. The van der Waals surface area contributed by atoms with E-state index in [2.05, 4.69) is 25.5 Å².